The molecule has 4 saturated carbocycles. The Bertz CT molecular complexity index is 1220. The normalized spacial score (nSPS) is 39.7. The minimum absolute atomic E-state index is 0.0251. The van der Waals surface area contributed by atoms with Crippen LogP contribution in [0.15, 0.2) is 30.3 Å². The van der Waals surface area contributed by atoms with Crippen LogP contribution in [0.1, 0.15) is 129 Å². The van der Waals surface area contributed by atoms with Crippen molar-refractivity contribution in [1.82, 2.24) is 0 Å². The van der Waals surface area contributed by atoms with E-state index in [1.54, 1.807) is 0 Å². The van der Waals surface area contributed by atoms with Crippen molar-refractivity contribution in [2.75, 3.05) is 13.7 Å². The third-order valence-corrected chi connectivity index (χ3v) is 13.7. The van der Waals surface area contributed by atoms with Gasteiger partial charge in [-0.1, -0.05) is 80.0 Å². The maximum atomic E-state index is 12.5. The standard InChI is InChI=1S/C35H48O5.2C2H6/c1-32(2)27(21-8-10-22(11-9-21)30(37)40-5)19-23(20-36)34(4)28(32)15-17-33(3)25-14-18-35(31(38)39)16-6-7-26(35)24(25)12-13-29(33)34;2*1-2/h8-11,19,23-26,28-29,36H,6-7,12-18,20H2,1-5H3,(H,38,39);2*1-2H3/t23?,24-,25?,26+,28?,29?,33-,34-,35-;;/m0../s1. The number of benzene rings is 1. The second-order valence-corrected chi connectivity index (χ2v) is 15.0. The van der Waals surface area contributed by atoms with Gasteiger partial charge in [0.25, 0.3) is 0 Å². The van der Waals surface area contributed by atoms with Crippen LogP contribution in [-0.2, 0) is 9.53 Å². The van der Waals surface area contributed by atoms with E-state index in [2.05, 4.69) is 33.8 Å². The topological polar surface area (TPSA) is 83.8 Å². The predicted molar refractivity (Wildman–Crippen MR) is 178 cm³/mol. The molecule has 0 amide bonds. The Morgan fingerprint density at radius 1 is 0.841 bits per heavy atom. The highest BCUT2D eigenvalue weighted by Crippen LogP contribution is 2.74. The van der Waals surface area contributed by atoms with Crippen molar-refractivity contribution < 1.29 is 24.5 Å². The van der Waals surface area contributed by atoms with E-state index in [-0.39, 0.29) is 34.7 Å². The molecule has 246 valence electrons. The largest absolute Gasteiger partial charge is 0.481 e. The van der Waals surface area contributed by atoms with Crippen molar-refractivity contribution in [3.8, 4) is 0 Å². The van der Waals surface area contributed by atoms with Gasteiger partial charge in [0.1, 0.15) is 0 Å². The van der Waals surface area contributed by atoms with Crippen molar-refractivity contribution in [2.45, 2.75) is 113 Å². The van der Waals surface area contributed by atoms with E-state index in [0.717, 1.165) is 56.9 Å². The molecule has 5 aliphatic rings. The monoisotopic (exact) mass is 608 g/mol. The molecule has 44 heavy (non-hydrogen) atoms. The molecular weight excluding hydrogens is 548 g/mol. The number of hydrogen-bond acceptors (Lipinski definition) is 4. The Kier molecular flexibility index (Phi) is 10.2. The number of carboxylic acids is 1. The summed E-state index contributed by atoms with van der Waals surface area (Å²) in [7, 11) is 1.41. The molecule has 4 fully saturated rings. The zero-order valence-corrected chi connectivity index (χ0v) is 29.0. The van der Waals surface area contributed by atoms with Gasteiger partial charge in [0, 0.05) is 12.5 Å². The Morgan fingerprint density at radius 3 is 2.09 bits per heavy atom. The van der Waals surface area contributed by atoms with Crippen LogP contribution in [0.25, 0.3) is 5.57 Å². The van der Waals surface area contributed by atoms with E-state index < -0.39 is 11.4 Å². The van der Waals surface area contributed by atoms with Crippen molar-refractivity contribution in [1.29, 1.82) is 0 Å². The molecule has 1 aromatic rings. The molecule has 2 N–H and O–H groups in total. The van der Waals surface area contributed by atoms with Gasteiger partial charge in [-0.25, -0.2) is 4.79 Å². The minimum Gasteiger partial charge on any atom is -0.481 e. The first-order valence-electron chi connectivity index (χ1n) is 17.7. The lowest BCUT2D eigenvalue weighted by molar-refractivity contribution is -0.200. The van der Waals surface area contributed by atoms with Crippen LogP contribution in [0.5, 0.6) is 0 Å². The zero-order valence-electron chi connectivity index (χ0n) is 29.0. The van der Waals surface area contributed by atoms with Crippen molar-refractivity contribution >= 4 is 17.5 Å². The maximum Gasteiger partial charge on any atom is 0.337 e. The van der Waals surface area contributed by atoms with E-state index in [1.165, 1.54) is 19.1 Å². The highest BCUT2D eigenvalue weighted by molar-refractivity contribution is 5.90. The third-order valence-electron chi connectivity index (χ3n) is 13.7. The number of hydrogen-bond donors (Lipinski definition) is 2. The van der Waals surface area contributed by atoms with E-state index in [9.17, 15) is 19.8 Å². The molecular formula is C39H60O5. The van der Waals surface area contributed by atoms with Gasteiger partial charge in [0.05, 0.1) is 18.1 Å². The quantitative estimate of drug-likeness (QED) is 0.333. The zero-order chi connectivity index (χ0) is 32.7. The Labute approximate surface area is 267 Å². The first-order chi connectivity index (χ1) is 20.9. The number of carbonyl (C=O) groups excluding carboxylic acids is 1. The molecule has 0 radical (unpaired) electrons. The van der Waals surface area contributed by atoms with Gasteiger partial charge < -0.3 is 14.9 Å². The molecule has 0 saturated heterocycles. The van der Waals surface area contributed by atoms with Crippen LogP contribution >= 0.6 is 0 Å². The highest BCUT2D eigenvalue weighted by Gasteiger charge is 2.68. The number of aliphatic carboxylic acids is 1. The average Bonchev–Trinajstić information content (AvgIpc) is 3.49. The number of esters is 1. The highest BCUT2D eigenvalue weighted by atomic mass is 16.5. The Hall–Kier alpha value is -2.14. The number of aliphatic hydroxyl groups is 1. The number of carboxylic acid groups (broad SMARTS) is 1. The van der Waals surface area contributed by atoms with Crippen molar-refractivity contribution in [2.24, 2.45) is 57.2 Å². The number of allylic oxidation sites excluding steroid dienone is 1. The molecule has 4 unspecified atom stereocenters. The lowest BCUT2D eigenvalue weighted by atomic mass is 9.35. The molecule has 6 rings (SSSR count). The second kappa shape index (κ2) is 12.9. The summed E-state index contributed by atoms with van der Waals surface area (Å²) in [6.45, 7) is 17.9. The summed E-state index contributed by atoms with van der Waals surface area (Å²) >= 11 is 0. The van der Waals surface area contributed by atoms with Gasteiger partial charge in [0.15, 0.2) is 0 Å². The number of fused-ring (bicyclic) bond motifs is 7. The summed E-state index contributed by atoms with van der Waals surface area (Å²) < 4.78 is 4.90. The third kappa shape index (κ3) is 4.99. The van der Waals surface area contributed by atoms with E-state index >= 15 is 0 Å². The number of methoxy groups -OCH3 is 1. The molecule has 1 aromatic carbocycles. The molecule has 0 aliphatic heterocycles. The maximum absolute atomic E-state index is 12.5. The van der Waals surface area contributed by atoms with Gasteiger partial charge in [-0.3, -0.25) is 4.79 Å². The van der Waals surface area contributed by atoms with Crippen LogP contribution in [0.3, 0.4) is 0 Å². The molecule has 0 spiro atoms. The average molecular weight is 609 g/mol. The Balaban J connectivity index is 0.00000106. The van der Waals surface area contributed by atoms with Crippen LogP contribution in [0.4, 0.5) is 0 Å². The predicted octanol–water partition coefficient (Wildman–Crippen LogP) is 9.29. The van der Waals surface area contributed by atoms with Gasteiger partial charge in [-0.05, 0) is 120 Å². The van der Waals surface area contributed by atoms with Crippen LogP contribution in [0, 0.1) is 57.2 Å². The molecule has 0 bridgehead atoms. The van der Waals surface area contributed by atoms with E-state index in [4.69, 9.17) is 4.74 Å². The summed E-state index contributed by atoms with van der Waals surface area (Å²) in [5.74, 6) is 1.58. The summed E-state index contributed by atoms with van der Waals surface area (Å²) in [6.07, 6.45) is 11.9. The fourth-order valence-electron chi connectivity index (χ4n) is 11.9. The lowest BCUT2D eigenvalue weighted by Crippen LogP contribution is -2.63. The summed E-state index contributed by atoms with van der Waals surface area (Å²) in [4.78, 5) is 24.6. The minimum atomic E-state index is -0.539. The summed E-state index contributed by atoms with van der Waals surface area (Å²) in [6, 6.07) is 7.77. The van der Waals surface area contributed by atoms with Gasteiger partial charge in [-0.2, -0.15) is 0 Å². The van der Waals surface area contributed by atoms with Crippen molar-refractivity contribution in [3.63, 3.8) is 0 Å². The van der Waals surface area contributed by atoms with Crippen molar-refractivity contribution in [3.05, 3.63) is 41.5 Å². The molecule has 5 heteroatoms. The molecule has 9 atom stereocenters. The number of aliphatic hydroxyl groups excluding tert-OH is 1. The van der Waals surface area contributed by atoms with Crippen LogP contribution in [0.2, 0.25) is 0 Å². The second-order valence-electron chi connectivity index (χ2n) is 15.0. The molecule has 5 nitrogen and oxygen atoms in total. The number of carbonyl (C=O) groups is 2. The Morgan fingerprint density at radius 2 is 1.50 bits per heavy atom. The molecule has 0 aromatic heterocycles. The van der Waals surface area contributed by atoms with Gasteiger partial charge in [-0.15, -0.1) is 0 Å². The lowest BCUT2D eigenvalue weighted by Gasteiger charge is -2.69. The van der Waals surface area contributed by atoms with E-state index in [0.29, 0.717) is 35.2 Å². The van der Waals surface area contributed by atoms with Crippen LogP contribution < -0.4 is 0 Å². The number of rotatable bonds is 4. The fourth-order valence-corrected chi connectivity index (χ4v) is 11.9. The summed E-state index contributed by atoms with van der Waals surface area (Å²) in [5, 5.41) is 21.3. The van der Waals surface area contributed by atoms with E-state index in [1.807, 2.05) is 52.0 Å². The van der Waals surface area contributed by atoms with Gasteiger partial charge in [0.2, 0.25) is 0 Å². The molecule has 0 heterocycles. The van der Waals surface area contributed by atoms with Crippen LogP contribution in [-0.4, -0.2) is 35.9 Å². The van der Waals surface area contributed by atoms with Gasteiger partial charge >= 0.3 is 11.9 Å². The number of ether oxygens (including phenoxy) is 1. The summed E-state index contributed by atoms with van der Waals surface area (Å²) in [5.41, 5.74) is 2.54. The first-order valence-corrected chi connectivity index (χ1v) is 17.7. The smallest absolute Gasteiger partial charge is 0.337 e. The fraction of sp³-hybridized carbons (Fsp3) is 0.744. The first kappa shape index (κ1) is 34.7. The SMILES string of the molecule is CC.CC.COC(=O)c1ccc(C2=CC(CO)[C@@]3(C)C(CC[C@@]4(C)C5CC[C@@]6(C(=O)O)CCC[C@@H]6[C@H]5CCC43)C2(C)C)cc1. The molecule has 5 aliphatic carbocycles.